The molecule has 0 aliphatic rings. The topological polar surface area (TPSA) is 136 Å². The van der Waals surface area contributed by atoms with Gasteiger partial charge in [-0.15, -0.1) is 0 Å². The molecule has 5 N–H and O–H groups in total. The van der Waals surface area contributed by atoms with Crippen molar-refractivity contribution in [3.63, 3.8) is 0 Å². The van der Waals surface area contributed by atoms with Crippen LogP contribution in [-0.4, -0.2) is 46.8 Å². The molecule has 0 radical (unpaired) electrons. The first-order chi connectivity index (χ1) is 18.1. The van der Waals surface area contributed by atoms with Crippen LogP contribution in [0.2, 0.25) is 0 Å². The van der Waals surface area contributed by atoms with Gasteiger partial charge in [-0.1, -0.05) is 12.1 Å². The van der Waals surface area contributed by atoms with Gasteiger partial charge < -0.3 is 26.4 Å². The van der Waals surface area contributed by atoms with Crippen LogP contribution in [0.4, 0.5) is 39.5 Å². The van der Waals surface area contributed by atoms with E-state index in [0.717, 1.165) is 6.07 Å². The Morgan fingerprint density at radius 2 is 1.79 bits per heavy atom. The van der Waals surface area contributed by atoms with Crippen LogP contribution in [-0.2, 0) is 10.9 Å². The van der Waals surface area contributed by atoms with E-state index in [9.17, 15) is 27.2 Å². The van der Waals surface area contributed by atoms with Gasteiger partial charge in [0.25, 0.3) is 5.91 Å². The summed E-state index contributed by atoms with van der Waals surface area (Å²) in [5.74, 6) is -1.40. The maximum atomic E-state index is 13.6. The molecule has 0 aliphatic heterocycles. The first-order valence-corrected chi connectivity index (χ1v) is 11.0. The summed E-state index contributed by atoms with van der Waals surface area (Å²) in [6.07, 6.45) is -2.01. The fourth-order valence-corrected chi connectivity index (χ4v) is 3.70. The van der Waals surface area contributed by atoms with Crippen LogP contribution in [0.5, 0.6) is 0 Å². The molecule has 0 aliphatic carbocycles. The summed E-state index contributed by atoms with van der Waals surface area (Å²) in [6.45, 7) is 0.585. The molecule has 4 rings (SSSR count). The number of amides is 3. The van der Waals surface area contributed by atoms with E-state index in [1.807, 2.05) is 0 Å². The number of nitrogens with zero attached hydrogens (tertiary/aromatic N) is 3. The molecule has 0 fully saturated rings. The van der Waals surface area contributed by atoms with Crippen molar-refractivity contribution >= 4 is 34.6 Å². The van der Waals surface area contributed by atoms with E-state index in [4.69, 9.17) is 10.5 Å². The van der Waals surface area contributed by atoms with Gasteiger partial charge in [0.1, 0.15) is 17.7 Å². The number of rotatable bonds is 7. The quantitative estimate of drug-likeness (QED) is 0.209. The van der Waals surface area contributed by atoms with Crippen LogP contribution in [0.1, 0.15) is 15.9 Å². The van der Waals surface area contributed by atoms with Crippen molar-refractivity contribution in [3.8, 4) is 11.1 Å². The molecule has 38 heavy (non-hydrogen) atoms. The van der Waals surface area contributed by atoms with Crippen molar-refractivity contribution < 1.29 is 31.9 Å². The summed E-state index contributed by atoms with van der Waals surface area (Å²) in [6, 6.07) is 7.06. The molecular formula is C24H21F4N7O3. The molecule has 3 amide bonds. The fraction of sp³-hybridized carbons (Fsp3) is 0.167. The van der Waals surface area contributed by atoms with Crippen LogP contribution in [0.25, 0.3) is 16.6 Å². The molecule has 0 saturated carbocycles. The Morgan fingerprint density at radius 3 is 2.47 bits per heavy atom. The molecule has 2 aromatic heterocycles. The van der Waals surface area contributed by atoms with Gasteiger partial charge >= 0.3 is 12.2 Å². The van der Waals surface area contributed by atoms with Crippen LogP contribution in [0.15, 0.2) is 55.0 Å². The van der Waals surface area contributed by atoms with Crippen molar-refractivity contribution in [3.05, 3.63) is 71.9 Å². The summed E-state index contributed by atoms with van der Waals surface area (Å²) in [5.41, 5.74) is 6.41. The lowest BCUT2D eigenvalue weighted by Crippen LogP contribution is -2.27. The maximum absolute atomic E-state index is 13.6. The number of methoxy groups -OCH3 is 1. The minimum Gasteiger partial charge on any atom is -0.383 e. The summed E-state index contributed by atoms with van der Waals surface area (Å²) in [5, 5.41) is 11.5. The number of nitrogen functional groups attached to an aromatic ring is 1. The van der Waals surface area contributed by atoms with E-state index in [0.29, 0.717) is 35.4 Å². The van der Waals surface area contributed by atoms with E-state index >= 15 is 0 Å². The van der Waals surface area contributed by atoms with Gasteiger partial charge in [-0.2, -0.15) is 18.3 Å². The van der Waals surface area contributed by atoms with Crippen LogP contribution < -0.4 is 21.7 Å². The van der Waals surface area contributed by atoms with Crippen LogP contribution in [0, 0.1) is 5.82 Å². The van der Waals surface area contributed by atoms with Crippen LogP contribution >= 0.6 is 0 Å². The zero-order valence-electron chi connectivity index (χ0n) is 19.8. The highest BCUT2D eigenvalue weighted by Crippen LogP contribution is 2.34. The van der Waals surface area contributed by atoms with E-state index in [-0.39, 0.29) is 29.3 Å². The Hall–Kier alpha value is -4.72. The molecule has 2 heterocycles. The minimum atomic E-state index is -4.78. The highest BCUT2D eigenvalue weighted by Gasteiger charge is 2.31. The number of carbonyl (C=O) groups is 2. The summed E-state index contributed by atoms with van der Waals surface area (Å²) < 4.78 is 58.8. The van der Waals surface area contributed by atoms with Gasteiger partial charge in [0, 0.05) is 36.8 Å². The predicted octanol–water partition coefficient (Wildman–Crippen LogP) is 4.16. The van der Waals surface area contributed by atoms with E-state index in [1.165, 1.54) is 36.3 Å². The monoisotopic (exact) mass is 531 g/mol. The zero-order chi connectivity index (χ0) is 27.4. The summed E-state index contributed by atoms with van der Waals surface area (Å²) >= 11 is 0. The predicted molar refractivity (Wildman–Crippen MR) is 131 cm³/mol. The van der Waals surface area contributed by atoms with Crippen molar-refractivity contribution in [2.24, 2.45) is 0 Å². The number of nitrogens with one attached hydrogen (secondary N) is 3. The number of benzene rings is 2. The molecule has 0 atom stereocenters. The highest BCUT2D eigenvalue weighted by atomic mass is 19.4. The average molecular weight is 531 g/mol. The van der Waals surface area contributed by atoms with Gasteiger partial charge in [-0.25, -0.2) is 18.7 Å². The number of fused-ring (bicyclic) bond motifs is 1. The Balaban J connectivity index is 1.57. The third-order valence-electron chi connectivity index (χ3n) is 5.35. The van der Waals surface area contributed by atoms with Gasteiger partial charge in [-0.05, 0) is 35.9 Å². The van der Waals surface area contributed by atoms with Gasteiger partial charge in [0.05, 0.1) is 17.7 Å². The lowest BCUT2D eigenvalue weighted by atomic mass is 10.0. The third-order valence-corrected chi connectivity index (χ3v) is 5.35. The largest absolute Gasteiger partial charge is 0.416 e. The van der Waals surface area contributed by atoms with E-state index in [2.05, 4.69) is 26.0 Å². The van der Waals surface area contributed by atoms with Crippen molar-refractivity contribution in [2.45, 2.75) is 6.18 Å². The molecule has 0 saturated heterocycles. The SMILES string of the molecule is COCCNC(=O)c1cn2ncnc(N)c2c1-c1ccc(NC(=O)Nc2cc(F)cc(C(F)(F)F)c2)cc1. The molecule has 0 bridgehead atoms. The van der Waals surface area contributed by atoms with Crippen molar-refractivity contribution in [1.82, 2.24) is 19.9 Å². The normalized spacial score (nSPS) is 11.4. The second kappa shape index (κ2) is 10.7. The Bertz CT molecular complexity index is 1490. The number of aromatic nitrogens is 3. The lowest BCUT2D eigenvalue weighted by molar-refractivity contribution is -0.137. The molecule has 198 valence electrons. The summed E-state index contributed by atoms with van der Waals surface area (Å²) in [7, 11) is 1.51. The van der Waals surface area contributed by atoms with E-state index < -0.39 is 29.5 Å². The second-order valence-corrected chi connectivity index (χ2v) is 7.99. The van der Waals surface area contributed by atoms with Gasteiger partial charge in [-0.3, -0.25) is 4.79 Å². The molecule has 2 aromatic carbocycles. The lowest BCUT2D eigenvalue weighted by Gasteiger charge is -2.12. The third kappa shape index (κ3) is 5.81. The average Bonchev–Trinajstić information content (AvgIpc) is 3.25. The maximum Gasteiger partial charge on any atom is 0.416 e. The zero-order valence-corrected chi connectivity index (χ0v) is 19.8. The Morgan fingerprint density at radius 1 is 1.08 bits per heavy atom. The van der Waals surface area contributed by atoms with Gasteiger partial charge in [0.2, 0.25) is 0 Å². The molecule has 0 unspecified atom stereocenters. The number of carbonyl (C=O) groups excluding carboxylic acids is 2. The Kier molecular flexibility index (Phi) is 7.43. The number of hydrogen-bond donors (Lipinski definition) is 4. The number of halogens is 4. The summed E-state index contributed by atoms with van der Waals surface area (Å²) in [4.78, 5) is 29.2. The van der Waals surface area contributed by atoms with Gasteiger partial charge in [0.15, 0.2) is 5.82 Å². The number of anilines is 3. The Labute approximate surface area is 212 Å². The second-order valence-electron chi connectivity index (χ2n) is 7.99. The standard InChI is InChI=1S/C24H21F4N7O3/c1-38-7-6-30-22(36)18-11-35-20(21(29)31-12-32-35)19(18)13-2-4-16(5-3-13)33-23(37)34-17-9-14(24(26,27)28)8-15(25)10-17/h2-5,8-12H,6-7H2,1H3,(H,30,36)(H2,29,31,32)(H2,33,34,37). The highest BCUT2D eigenvalue weighted by molar-refractivity contribution is 6.07. The molecule has 0 spiro atoms. The fourth-order valence-electron chi connectivity index (χ4n) is 3.70. The molecular weight excluding hydrogens is 510 g/mol. The molecule has 4 aromatic rings. The molecule has 10 nitrogen and oxygen atoms in total. The minimum absolute atomic E-state index is 0.140. The van der Waals surface area contributed by atoms with E-state index in [1.54, 1.807) is 12.1 Å². The number of nitrogens with two attached hydrogens (primary N) is 1. The smallest absolute Gasteiger partial charge is 0.383 e. The van der Waals surface area contributed by atoms with Crippen LogP contribution in [0.3, 0.4) is 0 Å². The van der Waals surface area contributed by atoms with Crippen molar-refractivity contribution in [1.29, 1.82) is 0 Å². The van der Waals surface area contributed by atoms with Crippen molar-refractivity contribution in [2.75, 3.05) is 36.6 Å². The number of ether oxygens (including phenoxy) is 1. The first kappa shape index (κ1) is 26.3. The molecule has 14 heteroatoms. The first-order valence-electron chi connectivity index (χ1n) is 11.0. The number of alkyl halides is 3. The number of hydrogen-bond acceptors (Lipinski definition) is 6. The number of urea groups is 1.